The van der Waals surface area contributed by atoms with Crippen LogP contribution in [0.15, 0.2) is 73.3 Å². The highest BCUT2D eigenvalue weighted by Gasteiger charge is 2.12. The third-order valence-corrected chi connectivity index (χ3v) is 3.64. The standard InChI is InChI=1S/C18H14N4/c1-2-8-17-16(7-1)21-18(15-6-4-10-20-12-15)22(17)13-14-5-3-9-19-11-14/h1-12H,13H2. The molecule has 0 aliphatic rings. The molecule has 0 radical (unpaired) electrons. The highest BCUT2D eigenvalue weighted by molar-refractivity contribution is 5.80. The molecule has 0 aliphatic carbocycles. The number of hydrogen-bond donors (Lipinski definition) is 0. The first-order chi connectivity index (χ1) is 10.9. The lowest BCUT2D eigenvalue weighted by Crippen LogP contribution is -2.02. The summed E-state index contributed by atoms with van der Waals surface area (Å²) in [5, 5.41) is 0. The smallest absolute Gasteiger partial charge is 0.143 e. The fraction of sp³-hybridized carbons (Fsp3) is 0.0556. The van der Waals surface area contributed by atoms with E-state index in [2.05, 4.69) is 26.7 Å². The molecule has 4 nitrogen and oxygen atoms in total. The summed E-state index contributed by atoms with van der Waals surface area (Å²) in [6.07, 6.45) is 7.30. The molecule has 0 amide bonds. The molecule has 0 saturated carbocycles. The molecule has 0 fully saturated rings. The summed E-state index contributed by atoms with van der Waals surface area (Å²) in [5.41, 5.74) is 4.27. The third kappa shape index (κ3) is 2.24. The van der Waals surface area contributed by atoms with Crippen molar-refractivity contribution in [2.24, 2.45) is 0 Å². The maximum atomic E-state index is 4.78. The van der Waals surface area contributed by atoms with Crippen LogP contribution in [0.1, 0.15) is 5.56 Å². The number of imidazole rings is 1. The van der Waals surface area contributed by atoms with Crippen molar-refractivity contribution in [1.82, 2.24) is 19.5 Å². The second kappa shape index (κ2) is 5.41. The summed E-state index contributed by atoms with van der Waals surface area (Å²) < 4.78 is 2.21. The Balaban J connectivity index is 1.91. The van der Waals surface area contributed by atoms with Gasteiger partial charge in [0.25, 0.3) is 0 Å². The first-order valence-electron chi connectivity index (χ1n) is 7.16. The van der Waals surface area contributed by atoms with E-state index in [-0.39, 0.29) is 0 Å². The summed E-state index contributed by atoms with van der Waals surface area (Å²) >= 11 is 0. The van der Waals surface area contributed by atoms with Crippen molar-refractivity contribution in [1.29, 1.82) is 0 Å². The Kier molecular flexibility index (Phi) is 3.12. The van der Waals surface area contributed by atoms with Gasteiger partial charge in [-0.05, 0) is 35.9 Å². The van der Waals surface area contributed by atoms with Gasteiger partial charge in [0.05, 0.1) is 17.6 Å². The zero-order chi connectivity index (χ0) is 14.8. The monoisotopic (exact) mass is 286 g/mol. The van der Waals surface area contributed by atoms with E-state index in [1.54, 1.807) is 12.4 Å². The van der Waals surface area contributed by atoms with Gasteiger partial charge in [-0.1, -0.05) is 18.2 Å². The minimum absolute atomic E-state index is 0.735. The van der Waals surface area contributed by atoms with Crippen LogP contribution in [-0.4, -0.2) is 19.5 Å². The summed E-state index contributed by atoms with van der Waals surface area (Å²) in [6.45, 7) is 0.735. The van der Waals surface area contributed by atoms with Crippen molar-refractivity contribution >= 4 is 11.0 Å². The number of aromatic nitrogens is 4. The van der Waals surface area contributed by atoms with Gasteiger partial charge in [0.1, 0.15) is 5.82 Å². The maximum Gasteiger partial charge on any atom is 0.143 e. The predicted octanol–water partition coefficient (Wildman–Crippen LogP) is 3.54. The molecule has 4 heteroatoms. The maximum absolute atomic E-state index is 4.78. The number of rotatable bonds is 3. The fourth-order valence-corrected chi connectivity index (χ4v) is 2.63. The zero-order valence-corrected chi connectivity index (χ0v) is 11.9. The molecule has 0 aliphatic heterocycles. The molecule has 3 heterocycles. The van der Waals surface area contributed by atoms with Crippen LogP contribution in [-0.2, 0) is 6.54 Å². The summed E-state index contributed by atoms with van der Waals surface area (Å²) in [5.74, 6) is 0.929. The SMILES string of the molecule is c1cncc(Cn2c(-c3cccnc3)nc3ccccc32)c1. The summed E-state index contributed by atoms with van der Waals surface area (Å²) in [4.78, 5) is 13.2. The van der Waals surface area contributed by atoms with Crippen molar-refractivity contribution < 1.29 is 0 Å². The van der Waals surface area contributed by atoms with E-state index in [1.807, 2.05) is 48.8 Å². The minimum Gasteiger partial charge on any atom is -0.319 e. The van der Waals surface area contributed by atoms with Crippen molar-refractivity contribution in [2.75, 3.05) is 0 Å². The topological polar surface area (TPSA) is 43.6 Å². The predicted molar refractivity (Wildman–Crippen MR) is 86.3 cm³/mol. The van der Waals surface area contributed by atoms with E-state index < -0.39 is 0 Å². The average Bonchev–Trinajstić information content (AvgIpc) is 2.95. The van der Waals surface area contributed by atoms with Crippen LogP contribution < -0.4 is 0 Å². The lowest BCUT2D eigenvalue weighted by Gasteiger charge is -2.09. The molecule has 106 valence electrons. The number of fused-ring (bicyclic) bond motifs is 1. The van der Waals surface area contributed by atoms with Crippen LogP contribution in [0.4, 0.5) is 0 Å². The highest BCUT2D eigenvalue weighted by atomic mass is 15.1. The van der Waals surface area contributed by atoms with Crippen molar-refractivity contribution in [3.63, 3.8) is 0 Å². The van der Waals surface area contributed by atoms with Crippen LogP contribution in [0.5, 0.6) is 0 Å². The molecule has 1 aromatic carbocycles. The Bertz CT molecular complexity index is 898. The van der Waals surface area contributed by atoms with Gasteiger partial charge in [-0.2, -0.15) is 0 Å². The lowest BCUT2D eigenvalue weighted by molar-refractivity contribution is 0.829. The number of hydrogen-bond acceptors (Lipinski definition) is 3. The number of benzene rings is 1. The Morgan fingerprint density at radius 2 is 1.64 bits per heavy atom. The van der Waals surface area contributed by atoms with Gasteiger partial charge >= 0.3 is 0 Å². The molecule has 0 unspecified atom stereocenters. The van der Waals surface area contributed by atoms with Crippen molar-refractivity contribution in [3.05, 3.63) is 78.9 Å². The summed E-state index contributed by atoms with van der Waals surface area (Å²) in [6, 6.07) is 16.2. The fourth-order valence-electron chi connectivity index (χ4n) is 2.63. The molecule has 0 bridgehead atoms. The van der Waals surface area contributed by atoms with E-state index >= 15 is 0 Å². The molecule has 0 N–H and O–H groups in total. The lowest BCUT2D eigenvalue weighted by atomic mass is 10.2. The molecule has 22 heavy (non-hydrogen) atoms. The van der Waals surface area contributed by atoms with Crippen LogP contribution in [0.25, 0.3) is 22.4 Å². The van der Waals surface area contributed by atoms with Gasteiger partial charge in [-0.25, -0.2) is 4.98 Å². The highest BCUT2D eigenvalue weighted by Crippen LogP contribution is 2.25. The number of pyridine rings is 2. The molecule has 4 rings (SSSR count). The van der Waals surface area contributed by atoms with E-state index in [1.165, 1.54) is 0 Å². The third-order valence-electron chi connectivity index (χ3n) is 3.64. The van der Waals surface area contributed by atoms with Crippen LogP contribution in [0.2, 0.25) is 0 Å². The Hall–Kier alpha value is -3.01. The van der Waals surface area contributed by atoms with E-state index in [4.69, 9.17) is 4.98 Å². The Labute approximate surface area is 128 Å². The molecule has 0 spiro atoms. The van der Waals surface area contributed by atoms with E-state index in [9.17, 15) is 0 Å². The average molecular weight is 286 g/mol. The largest absolute Gasteiger partial charge is 0.319 e. The first kappa shape index (κ1) is 12.7. The molecule has 3 aromatic heterocycles. The quantitative estimate of drug-likeness (QED) is 0.578. The second-order valence-corrected chi connectivity index (χ2v) is 5.11. The van der Waals surface area contributed by atoms with Crippen LogP contribution >= 0.6 is 0 Å². The molecule has 4 aromatic rings. The second-order valence-electron chi connectivity index (χ2n) is 5.11. The van der Waals surface area contributed by atoms with Crippen LogP contribution in [0.3, 0.4) is 0 Å². The van der Waals surface area contributed by atoms with Gasteiger partial charge < -0.3 is 4.57 Å². The Morgan fingerprint density at radius 3 is 2.41 bits per heavy atom. The van der Waals surface area contributed by atoms with Gasteiger partial charge in [0.15, 0.2) is 0 Å². The number of para-hydroxylation sites is 2. The normalized spacial score (nSPS) is 10.9. The van der Waals surface area contributed by atoms with Gasteiger partial charge in [0.2, 0.25) is 0 Å². The summed E-state index contributed by atoms with van der Waals surface area (Å²) in [7, 11) is 0. The van der Waals surface area contributed by atoms with E-state index in [0.29, 0.717) is 0 Å². The zero-order valence-electron chi connectivity index (χ0n) is 11.9. The minimum atomic E-state index is 0.735. The molecular weight excluding hydrogens is 272 g/mol. The van der Waals surface area contributed by atoms with Crippen molar-refractivity contribution in [3.8, 4) is 11.4 Å². The van der Waals surface area contributed by atoms with Gasteiger partial charge in [-0.3, -0.25) is 9.97 Å². The molecular formula is C18H14N4. The van der Waals surface area contributed by atoms with Gasteiger partial charge in [-0.15, -0.1) is 0 Å². The first-order valence-corrected chi connectivity index (χ1v) is 7.16. The van der Waals surface area contributed by atoms with Gasteiger partial charge in [0, 0.05) is 30.4 Å². The number of nitrogens with zero attached hydrogens (tertiary/aromatic N) is 4. The Morgan fingerprint density at radius 1 is 0.818 bits per heavy atom. The van der Waals surface area contributed by atoms with Crippen LogP contribution in [0, 0.1) is 0 Å². The van der Waals surface area contributed by atoms with E-state index in [0.717, 1.165) is 34.5 Å². The molecule has 0 saturated heterocycles. The van der Waals surface area contributed by atoms with Crippen molar-refractivity contribution in [2.45, 2.75) is 6.54 Å². The molecule has 0 atom stereocenters.